The van der Waals surface area contributed by atoms with Crippen molar-refractivity contribution in [2.24, 2.45) is 0 Å². The second-order valence-corrected chi connectivity index (χ2v) is 16.0. The SMILES string of the molecule is CC1(C)c2ccc(-c3nc(-c4ccccc4)nc(-c4cccc(-c5ccc6cc(-c7cccc8ccccc78)ccc6c5)c4)n3)cc2-c2c(-c3ccccc3)cccc21. The van der Waals surface area contributed by atoms with Crippen LogP contribution in [-0.4, -0.2) is 15.0 Å². The van der Waals surface area contributed by atoms with Crippen LogP contribution < -0.4 is 0 Å². The van der Waals surface area contributed by atoms with Crippen molar-refractivity contribution in [1.29, 1.82) is 0 Å². The van der Waals surface area contributed by atoms with E-state index in [1.165, 1.54) is 66.1 Å². The fraction of sp³-hybridized carbons (Fsp3) is 0.0536. The van der Waals surface area contributed by atoms with E-state index in [0.29, 0.717) is 17.5 Å². The van der Waals surface area contributed by atoms with Gasteiger partial charge in [-0.3, -0.25) is 0 Å². The van der Waals surface area contributed by atoms with Gasteiger partial charge in [0.25, 0.3) is 0 Å². The van der Waals surface area contributed by atoms with Gasteiger partial charge in [-0.05, 0) is 101 Å². The highest BCUT2D eigenvalue weighted by atomic mass is 15.0. The Morgan fingerprint density at radius 2 is 0.831 bits per heavy atom. The van der Waals surface area contributed by atoms with E-state index in [1.807, 2.05) is 18.2 Å². The van der Waals surface area contributed by atoms with Crippen molar-refractivity contribution in [2.75, 3.05) is 0 Å². The van der Waals surface area contributed by atoms with Crippen molar-refractivity contribution in [2.45, 2.75) is 19.3 Å². The summed E-state index contributed by atoms with van der Waals surface area (Å²) in [6.45, 7) is 4.65. The quantitative estimate of drug-likeness (QED) is 0.170. The number of rotatable bonds is 6. The van der Waals surface area contributed by atoms with Gasteiger partial charge in [-0.1, -0.05) is 190 Å². The van der Waals surface area contributed by atoms with E-state index in [-0.39, 0.29) is 5.41 Å². The molecule has 278 valence electrons. The maximum Gasteiger partial charge on any atom is 0.164 e. The summed E-state index contributed by atoms with van der Waals surface area (Å²) in [5.74, 6) is 1.94. The molecule has 1 aliphatic carbocycles. The third-order valence-corrected chi connectivity index (χ3v) is 12.1. The molecule has 3 nitrogen and oxygen atoms in total. The predicted octanol–water partition coefficient (Wildman–Crippen LogP) is 14.5. The van der Waals surface area contributed by atoms with E-state index in [2.05, 4.69) is 196 Å². The van der Waals surface area contributed by atoms with Crippen molar-refractivity contribution >= 4 is 21.5 Å². The summed E-state index contributed by atoms with van der Waals surface area (Å²) < 4.78 is 0. The molecule has 0 atom stereocenters. The van der Waals surface area contributed by atoms with Crippen molar-refractivity contribution < 1.29 is 0 Å². The van der Waals surface area contributed by atoms with Crippen LogP contribution in [0.2, 0.25) is 0 Å². The molecule has 0 N–H and O–H groups in total. The fourth-order valence-corrected chi connectivity index (χ4v) is 9.06. The molecule has 1 aliphatic rings. The molecule has 0 bridgehead atoms. The van der Waals surface area contributed by atoms with E-state index in [0.717, 1.165) is 27.8 Å². The molecular formula is C56H39N3. The molecule has 9 aromatic carbocycles. The summed E-state index contributed by atoms with van der Waals surface area (Å²) in [4.78, 5) is 15.5. The van der Waals surface area contributed by atoms with Crippen molar-refractivity contribution in [3.05, 3.63) is 211 Å². The van der Waals surface area contributed by atoms with E-state index in [1.54, 1.807) is 0 Å². The predicted molar refractivity (Wildman–Crippen MR) is 245 cm³/mol. The lowest BCUT2D eigenvalue weighted by Gasteiger charge is -2.21. The minimum absolute atomic E-state index is 0.143. The lowest BCUT2D eigenvalue weighted by molar-refractivity contribution is 0.660. The lowest BCUT2D eigenvalue weighted by Crippen LogP contribution is -2.14. The Morgan fingerprint density at radius 3 is 1.61 bits per heavy atom. The highest BCUT2D eigenvalue weighted by Crippen LogP contribution is 2.53. The Kier molecular flexibility index (Phi) is 8.16. The third-order valence-electron chi connectivity index (χ3n) is 12.1. The number of benzene rings is 9. The first-order chi connectivity index (χ1) is 29.0. The first-order valence-electron chi connectivity index (χ1n) is 20.3. The topological polar surface area (TPSA) is 38.7 Å². The summed E-state index contributed by atoms with van der Waals surface area (Å²) in [5.41, 5.74) is 15.0. The van der Waals surface area contributed by atoms with Gasteiger partial charge >= 0.3 is 0 Å². The smallest absolute Gasteiger partial charge is 0.164 e. The van der Waals surface area contributed by atoms with Crippen LogP contribution in [-0.2, 0) is 5.41 Å². The van der Waals surface area contributed by atoms with Gasteiger partial charge in [-0.15, -0.1) is 0 Å². The molecule has 1 heterocycles. The molecule has 10 aromatic rings. The van der Waals surface area contributed by atoms with E-state index in [9.17, 15) is 0 Å². The molecule has 59 heavy (non-hydrogen) atoms. The summed E-state index contributed by atoms with van der Waals surface area (Å²) in [6, 6.07) is 71.6. The van der Waals surface area contributed by atoms with Gasteiger partial charge in [-0.25, -0.2) is 15.0 Å². The van der Waals surface area contributed by atoms with Gasteiger partial charge < -0.3 is 0 Å². The van der Waals surface area contributed by atoms with E-state index in [4.69, 9.17) is 15.0 Å². The number of nitrogens with zero attached hydrogens (tertiary/aromatic N) is 3. The van der Waals surface area contributed by atoms with Crippen molar-refractivity contribution in [3.63, 3.8) is 0 Å². The van der Waals surface area contributed by atoms with Gasteiger partial charge in [0.1, 0.15) is 0 Å². The molecule has 0 aliphatic heterocycles. The van der Waals surface area contributed by atoms with Gasteiger partial charge in [0, 0.05) is 22.1 Å². The minimum Gasteiger partial charge on any atom is -0.208 e. The average Bonchev–Trinajstić information content (AvgIpc) is 3.54. The normalized spacial score (nSPS) is 12.7. The average molecular weight is 754 g/mol. The summed E-state index contributed by atoms with van der Waals surface area (Å²) >= 11 is 0. The molecule has 0 fully saturated rings. The van der Waals surface area contributed by atoms with Crippen LogP contribution in [0.4, 0.5) is 0 Å². The maximum absolute atomic E-state index is 5.22. The Labute approximate surface area is 344 Å². The summed E-state index contributed by atoms with van der Waals surface area (Å²) in [5, 5.41) is 4.92. The monoisotopic (exact) mass is 753 g/mol. The second-order valence-electron chi connectivity index (χ2n) is 16.0. The van der Waals surface area contributed by atoms with Crippen molar-refractivity contribution in [1.82, 2.24) is 15.0 Å². The number of fused-ring (bicyclic) bond motifs is 5. The number of hydrogen-bond acceptors (Lipinski definition) is 3. The maximum atomic E-state index is 5.22. The molecule has 0 unspecified atom stereocenters. The molecule has 0 saturated carbocycles. The first-order valence-corrected chi connectivity index (χ1v) is 20.3. The van der Waals surface area contributed by atoms with E-state index >= 15 is 0 Å². The van der Waals surface area contributed by atoms with Crippen LogP contribution in [0.25, 0.3) is 100 Å². The highest BCUT2D eigenvalue weighted by molar-refractivity contribution is 6.00. The fourth-order valence-electron chi connectivity index (χ4n) is 9.06. The van der Waals surface area contributed by atoms with Gasteiger partial charge in [0.2, 0.25) is 0 Å². The van der Waals surface area contributed by atoms with Gasteiger partial charge in [0.15, 0.2) is 17.5 Å². The van der Waals surface area contributed by atoms with Crippen LogP contribution >= 0.6 is 0 Å². The first kappa shape index (κ1) is 34.7. The Hall–Kier alpha value is -7.49. The summed E-state index contributed by atoms with van der Waals surface area (Å²) in [6.07, 6.45) is 0. The molecule has 0 spiro atoms. The van der Waals surface area contributed by atoms with Gasteiger partial charge in [-0.2, -0.15) is 0 Å². The Balaban J connectivity index is 0.998. The Morgan fingerprint density at radius 1 is 0.305 bits per heavy atom. The van der Waals surface area contributed by atoms with Crippen LogP contribution in [0.1, 0.15) is 25.0 Å². The van der Waals surface area contributed by atoms with Crippen LogP contribution in [0, 0.1) is 0 Å². The molecular weight excluding hydrogens is 715 g/mol. The number of hydrogen-bond donors (Lipinski definition) is 0. The minimum atomic E-state index is -0.143. The van der Waals surface area contributed by atoms with Crippen molar-refractivity contribution in [3.8, 4) is 78.7 Å². The second kappa shape index (κ2) is 13.9. The number of aromatic nitrogens is 3. The van der Waals surface area contributed by atoms with E-state index < -0.39 is 0 Å². The zero-order valence-electron chi connectivity index (χ0n) is 32.9. The zero-order valence-corrected chi connectivity index (χ0v) is 32.9. The summed E-state index contributed by atoms with van der Waals surface area (Å²) in [7, 11) is 0. The standard InChI is InChI=1S/C56H39N3/c1-56(2)50-31-30-45(35-49(50)52-48(24-13-25-51(52)56)37-14-5-3-6-15-37)55-58-53(38-17-7-4-8-18-38)57-54(59-55)44-21-11-20-39(34-44)40-26-27-42-33-43(29-28-41(42)32-40)47-23-12-19-36-16-9-10-22-46(36)47/h3-35H,1-2H3. The molecule has 0 radical (unpaired) electrons. The third kappa shape index (κ3) is 6.02. The van der Waals surface area contributed by atoms with Crippen LogP contribution in [0.3, 0.4) is 0 Å². The lowest BCUT2D eigenvalue weighted by atomic mass is 9.82. The highest BCUT2D eigenvalue weighted by Gasteiger charge is 2.37. The Bertz CT molecular complexity index is 3230. The molecule has 0 amide bonds. The zero-order chi connectivity index (χ0) is 39.5. The largest absolute Gasteiger partial charge is 0.208 e. The molecule has 0 saturated heterocycles. The molecule has 3 heteroatoms. The van der Waals surface area contributed by atoms with Crippen LogP contribution in [0.5, 0.6) is 0 Å². The molecule has 11 rings (SSSR count). The van der Waals surface area contributed by atoms with Gasteiger partial charge in [0.05, 0.1) is 0 Å². The van der Waals surface area contributed by atoms with Crippen LogP contribution in [0.15, 0.2) is 200 Å². The molecule has 1 aromatic heterocycles.